The van der Waals surface area contributed by atoms with Crippen LogP contribution in [0, 0.1) is 0 Å². The molecule has 2 aliphatic heterocycles. The van der Waals surface area contributed by atoms with E-state index >= 15 is 0 Å². The highest BCUT2D eigenvalue weighted by Crippen LogP contribution is 2.34. The molecule has 0 atom stereocenters. The molecule has 0 bridgehead atoms. The van der Waals surface area contributed by atoms with Gasteiger partial charge in [-0.3, -0.25) is 9.59 Å². The Morgan fingerprint density at radius 1 is 1.08 bits per heavy atom. The largest absolute Gasteiger partial charge is 0.365 e. The van der Waals surface area contributed by atoms with Crippen LogP contribution in [0.1, 0.15) is 5.82 Å². The minimum Gasteiger partial charge on any atom is -0.365 e. The van der Waals surface area contributed by atoms with Gasteiger partial charge in [0, 0.05) is 56.2 Å². The van der Waals surface area contributed by atoms with Crippen molar-refractivity contribution < 1.29 is 9.59 Å². The van der Waals surface area contributed by atoms with Crippen molar-refractivity contribution >= 4 is 28.7 Å². The van der Waals surface area contributed by atoms with Crippen molar-refractivity contribution in [2.24, 2.45) is 0 Å². The number of carbonyl (C=O) groups excluding carboxylic acids is 2. The Labute approximate surface area is 140 Å². The summed E-state index contributed by atoms with van der Waals surface area (Å²) in [6.07, 6.45) is 4.87. The van der Waals surface area contributed by atoms with Crippen molar-refractivity contribution in [1.29, 1.82) is 0 Å². The molecule has 0 radical (unpaired) electrons. The minimum atomic E-state index is -0.168. The predicted octanol–water partition coefficient (Wildman–Crippen LogP) is 0.102. The van der Waals surface area contributed by atoms with E-state index in [4.69, 9.17) is 0 Å². The molecule has 9 heteroatoms. The van der Waals surface area contributed by atoms with Gasteiger partial charge in [0.25, 0.3) is 0 Å². The summed E-state index contributed by atoms with van der Waals surface area (Å²) in [5.41, 5.74) is 1.20. The molecule has 2 aromatic heterocycles. The number of hydrogen-bond donors (Lipinski definition) is 0. The van der Waals surface area contributed by atoms with Crippen molar-refractivity contribution in [3.63, 3.8) is 0 Å². The Morgan fingerprint density at radius 2 is 1.88 bits per heavy atom. The molecule has 2 fully saturated rings. The lowest BCUT2D eigenvalue weighted by molar-refractivity contribution is -0.115. The lowest BCUT2D eigenvalue weighted by Crippen LogP contribution is -2.26. The summed E-state index contributed by atoms with van der Waals surface area (Å²) in [4.78, 5) is 33.7. The molecule has 0 aromatic carbocycles. The first kappa shape index (κ1) is 13.6. The van der Waals surface area contributed by atoms with E-state index in [2.05, 4.69) is 14.5 Å². The van der Waals surface area contributed by atoms with Gasteiger partial charge in [-0.05, 0) is 6.07 Å². The maximum atomic E-state index is 12.9. The standard InChI is InChI=1S/C15H12N6O2S/c22-10-8-9(19-4-5-19)13(23)11(12(10)20-6-7-20)14-17-15(24-18-14)21-3-1-2-16-21/h1-3,8H,4-7H2. The zero-order valence-corrected chi connectivity index (χ0v) is 13.4. The normalized spacial score (nSPS) is 19.9. The van der Waals surface area contributed by atoms with Crippen molar-refractivity contribution in [1.82, 2.24) is 28.9 Å². The number of ketones is 2. The SMILES string of the molecule is O=C1C=C(N2CC2)C(=O)C(c2nsc(-n3cccn3)n2)=C1N1CC1. The van der Waals surface area contributed by atoms with Crippen LogP contribution in [0.15, 0.2) is 35.9 Å². The molecule has 1 aliphatic carbocycles. The quantitative estimate of drug-likeness (QED) is 0.577. The van der Waals surface area contributed by atoms with Crippen molar-refractivity contribution in [3.8, 4) is 5.13 Å². The van der Waals surface area contributed by atoms with Crippen LogP contribution in [-0.4, -0.2) is 66.7 Å². The molecular weight excluding hydrogens is 328 g/mol. The highest BCUT2D eigenvalue weighted by atomic mass is 32.1. The molecule has 24 heavy (non-hydrogen) atoms. The van der Waals surface area contributed by atoms with Crippen LogP contribution in [0.3, 0.4) is 0 Å². The second-order valence-corrected chi connectivity index (χ2v) is 6.50. The summed E-state index contributed by atoms with van der Waals surface area (Å²) in [6.45, 7) is 3.17. The zero-order chi connectivity index (χ0) is 16.3. The van der Waals surface area contributed by atoms with E-state index in [1.165, 1.54) is 6.08 Å². The summed E-state index contributed by atoms with van der Waals surface area (Å²) in [7, 11) is 0. The monoisotopic (exact) mass is 340 g/mol. The predicted molar refractivity (Wildman–Crippen MR) is 85.2 cm³/mol. The van der Waals surface area contributed by atoms with Gasteiger partial charge in [-0.15, -0.1) is 0 Å². The topological polar surface area (TPSA) is 83.8 Å². The van der Waals surface area contributed by atoms with E-state index in [-0.39, 0.29) is 11.6 Å². The molecule has 0 spiro atoms. The number of aromatic nitrogens is 4. The average molecular weight is 340 g/mol. The number of allylic oxidation sites excluding steroid dienone is 2. The van der Waals surface area contributed by atoms with Gasteiger partial charge in [0.05, 0.1) is 11.3 Å². The minimum absolute atomic E-state index is 0.139. The fourth-order valence-electron chi connectivity index (χ4n) is 2.73. The highest BCUT2D eigenvalue weighted by Gasteiger charge is 2.41. The van der Waals surface area contributed by atoms with E-state index in [0.717, 1.165) is 37.7 Å². The van der Waals surface area contributed by atoms with Gasteiger partial charge >= 0.3 is 0 Å². The summed E-state index contributed by atoms with van der Waals surface area (Å²) >= 11 is 1.15. The molecule has 120 valence electrons. The number of nitrogens with zero attached hydrogens (tertiary/aromatic N) is 6. The first-order valence-electron chi connectivity index (χ1n) is 7.61. The Kier molecular flexibility index (Phi) is 2.75. The second-order valence-electron chi connectivity index (χ2n) is 5.77. The molecule has 0 saturated carbocycles. The molecular formula is C15H12N6O2S. The smallest absolute Gasteiger partial charge is 0.230 e. The third-order valence-electron chi connectivity index (χ3n) is 4.09. The molecule has 4 heterocycles. The van der Waals surface area contributed by atoms with Crippen LogP contribution in [0.25, 0.3) is 10.7 Å². The number of rotatable bonds is 4. The van der Waals surface area contributed by atoms with Gasteiger partial charge < -0.3 is 9.80 Å². The molecule has 5 rings (SSSR count). The Hall–Kier alpha value is -2.81. The summed E-state index contributed by atoms with van der Waals surface area (Å²) in [5.74, 6) is -0.00328. The lowest BCUT2D eigenvalue weighted by atomic mass is 9.96. The van der Waals surface area contributed by atoms with E-state index in [1.54, 1.807) is 23.1 Å². The molecule has 2 aromatic rings. The Balaban J connectivity index is 1.61. The highest BCUT2D eigenvalue weighted by molar-refractivity contribution is 7.08. The molecule has 0 N–H and O–H groups in total. The Bertz CT molecular complexity index is 918. The number of hydrogen-bond acceptors (Lipinski definition) is 8. The first-order valence-corrected chi connectivity index (χ1v) is 8.39. The third-order valence-corrected chi connectivity index (χ3v) is 4.79. The van der Waals surface area contributed by atoms with Gasteiger partial charge in [-0.1, -0.05) is 0 Å². The maximum absolute atomic E-state index is 12.9. The number of carbonyl (C=O) groups is 2. The maximum Gasteiger partial charge on any atom is 0.230 e. The Morgan fingerprint density at radius 3 is 2.54 bits per heavy atom. The number of Topliss-reactive ketones (excluding diaryl/α,β-unsaturated/α-hetero) is 1. The van der Waals surface area contributed by atoms with Gasteiger partial charge in [0.15, 0.2) is 5.82 Å². The van der Waals surface area contributed by atoms with Crippen LogP contribution < -0.4 is 0 Å². The second kappa shape index (κ2) is 4.84. The summed E-state index contributed by atoms with van der Waals surface area (Å²) in [5, 5.41) is 4.69. The first-order chi connectivity index (χ1) is 11.7. The van der Waals surface area contributed by atoms with Crippen molar-refractivity contribution in [2.45, 2.75) is 0 Å². The van der Waals surface area contributed by atoms with E-state index in [0.29, 0.717) is 27.9 Å². The van der Waals surface area contributed by atoms with Crippen LogP contribution >= 0.6 is 11.5 Å². The van der Waals surface area contributed by atoms with Gasteiger partial charge in [-0.2, -0.15) is 14.5 Å². The fraction of sp³-hybridized carbons (Fsp3) is 0.267. The van der Waals surface area contributed by atoms with Crippen molar-refractivity contribution in [2.75, 3.05) is 26.2 Å². The van der Waals surface area contributed by atoms with Crippen LogP contribution in [0.2, 0.25) is 0 Å². The lowest BCUT2D eigenvalue weighted by Gasteiger charge is -2.18. The van der Waals surface area contributed by atoms with Crippen LogP contribution in [0.5, 0.6) is 0 Å². The van der Waals surface area contributed by atoms with E-state index < -0.39 is 0 Å². The average Bonchev–Trinajstić information content (AvgIpc) is 3.48. The summed E-state index contributed by atoms with van der Waals surface area (Å²) < 4.78 is 5.91. The molecule has 0 unspecified atom stereocenters. The fourth-order valence-corrected chi connectivity index (χ4v) is 3.35. The van der Waals surface area contributed by atoms with Crippen molar-refractivity contribution in [3.05, 3.63) is 41.8 Å². The molecule has 3 aliphatic rings. The van der Waals surface area contributed by atoms with Gasteiger partial charge in [0.1, 0.15) is 5.70 Å². The molecule has 0 amide bonds. The van der Waals surface area contributed by atoms with E-state index in [1.807, 2.05) is 9.80 Å². The van der Waals surface area contributed by atoms with Crippen LogP contribution in [-0.2, 0) is 9.59 Å². The molecule has 2 saturated heterocycles. The van der Waals surface area contributed by atoms with Gasteiger partial charge in [0.2, 0.25) is 16.7 Å². The molecule has 8 nitrogen and oxygen atoms in total. The zero-order valence-electron chi connectivity index (χ0n) is 12.5. The van der Waals surface area contributed by atoms with Gasteiger partial charge in [-0.25, -0.2) is 4.68 Å². The van der Waals surface area contributed by atoms with E-state index in [9.17, 15) is 9.59 Å². The van der Waals surface area contributed by atoms with Crippen LogP contribution in [0.4, 0.5) is 0 Å². The summed E-state index contributed by atoms with van der Waals surface area (Å²) in [6, 6.07) is 1.79. The third kappa shape index (κ3) is 2.08.